The summed E-state index contributed by atoms with van der Waals surface area (Å²) in [6.45, 7) is 11.8. The third-order valence-corrected chi connectivity index (χ3v) is 6.10. The fourth-order valence-electron chi connectivity index (χ4n) is 3.83. The first-order chi connectivity index (χ1) is 19.9. The summed E-state index contributed by atoms with van der Waals surface area (Å²) in [7, 11) is 0. The van der Waals surface area contributed by atoms with Gasteiger partial charge >= 0.3 is 6.09 Å². The number of ether oxygens (including phenoxy) is 4. The molecule has 0 aliphatic rings. The number of hydrogen-bond donors (Lipinski definition) is 2. The van der Waals surface area contributed by atoms with E-state index < -0.39 is 23.5 Å². The Morgan fingerprint density at radius 2 is 1.29 bits per heavy atom. The highest BCUT2D eigenvalue weighted by Crippen LogP contribution is 2.21. The number of carbonyl (C=O) groups is 2. The van der Waals surface area contributed by atoms with Crippen LogP contribution in [0.15, 0.2) is 60.7 Å². The van der Waals surface area contributed by atoms with Gasteiger partial charge < -0.3 is 29.6 Å². The molecular formula is C32H48FN3O6. The number of nitrogens with zero attached hydrogens (tertiary/aromatic N) is 1. The largest absolute Gasteiger partial charge is 0.444 e. The minimum absolute atomic E-state index is 0.158. The molecule has 1 atom stereocenters. The fraction of sp³-hybridized carbons (Fsp3) is 0.562. The van der Waals surface area contributed by atoms with E-state index in [4.69, 9.17) is 18.9 Å². The van der Waals surface area contributed by atoms with Crippen LogP contribution in [0.5, 0.6) is 0 Å². The molecule has 0 radical (unpaired) electrons. The first-order valence-electron chi connectivity index (χ1n) is 14.4. The molecule has 2 rings (SSSR count). The quantitative estimate of drug-likeness (QED) is 0.233. The van der Waals surface area contributed by atoms with Crippen LogP contribution in [0.3, 0.4) is 0 Å². The van der Waals surface area contributed by atoms with E-state index in [0.717, 1.165) is 11.1 Å². The Balaban J connectivity index is 1.62. The van der Waals surface area contributed by atoms with E-state index in [1.807, 2.05) is 60.7 Å². The molecule has 10 heteroatoms. The van der Waals surface area contributed by atoms with Gasteiger partial charge in [-0.05, 0) is 45.7 Å². The number of alkyl carbamates (subject to hydrolysis) is 1. The molecule has 2 aromatic rings. The second-order valence-electron chi connectivity index (χ2n) is 11.5. The molecule has 0 spiro atoms. The zero-order chi connectivity index (χ0) is 30.8. The lowest BCUT2D eigenvalue weighted by Gasteiger charge is -2.33. The number of halogens is 1. The number of benzene rings is 2. The number of rotatable bonds is 19. The lowest BCUT2D eigenvalue weighted by atomic mass is 10.0. The van der Waals surface area contributed by atoms with Crippen LogP contribution in [0.4, 0.5) is 9.18 Å². The van der Waals surface area contributed by atoms with Gasteiger partial charge in [-0.15, -0.1) is 0 Å². The fourth-order valence-corrected chi connectivity index (χ4v) is 3.83. The van der Waals surface area contributed by atoms with Gasteiger partial charge in [-0.3, -0.25) is 9.69 Å². The highest BCUT2D eigenvalue weighted by Gasteiger charge is 2.33. The molecule has 0 heterocycles. The maximum absolute atomic E-state index is 15.5. The van der Waals surface area contributed by atoms with Crippen molar-refractivity contribution in [2.45, 2.75) is 65.1 Å². The van der Waals surface area contributed by atoms with Crippen molar-refractivity contribution in [3.63, 3.8) is 0 Å². The van der Waals surface area contributed by atoms with E-state index in [1.165, 1.54) is 0 Å². The minimum atomic E-state index is -1.32. The molecule has 0 bridgehead atoms. The molecule has 0 saturated carbocycles. The topological polar surface area (TPSA) is 98.4 Å². The van der Waals surface area contributed by atoms with E-state index in [2.05, 4.69) is 15.5 Å². The van der Waals surface area contributed by atoms with Crippen LogP contribution in [0.2, 0.25) is 0 Å². The van der Waals surface area contributed by atoms with Crippen molar-refractivity contribution < 1.29 is 32.9 Å². The van der Waals surface area contributed by atoms with Crippen LogP contribution < -0.4 is 10.6 Å². The maximum atomic E-state index is 15.5. The molecule has 234 valence electrons. The van der Waals surface area contributed by atoms with Crippen molar-refractivity contribution in [3.05, 3.63) is 71.8 Å². The summed E-state index contributed by atoms with van der Waals surface area (Å²) < 4.78 is 37.2. The normalized spacial score (nSPS) is 12.6. The van der Waals surface area contributed by atoms with Crippen LogP contribution in [-0.4, -0.2) is 86.9 Å². The van der Waals surface area contributed by atoms with Crippen LogP contribution >= 0.6 is 0 Å². The molecule has 2 N–H and O–H groups in total. The third-order valence-electron chi connectivity index (χ3n) is 6.10. The summed E-state index contributed by atoms with van der Waals surface area (Å²) in [6, 6.07) is 19.9. The zero-order valence-corrected chi connectivity index (χ0v) is 25.7. The van der Waals surface area contributed by atoms with Gasteiger partial charge in [-0.2, -0.15) is 0 Å². The van der Waals surface area contributed by atoms with E-state index >= 15 is 4.39 Å². The van der Waals surface area contributed by atoms with E-state index in [1.54, 1.807) is 34.6 Å². The molecule has 0 aliphatic heterocycles. The Kier molecular flexibility index (Phi) is 15.5. The van der Waals surface area contributed by atoms with Crippen molar-refractivity contribution in [1.82, 2.24) is 15.5 Å². The van der Waals surface area contributed by atoms with Gasteiger partial charge in [0.25, 0.3) is 0 Å². The van der Waals surface area contributed by atoms with Crippen molar-refractivity contribution in [2.24, 2.45) is 0 Å². The van der Waals surface area contributed by atoms with Gasteiger partial charge in [-0.1, -0.05) is 60.7 Å². The van der Waals surface area contributed by atoms with E-state index in [-0.39, 0.29) is 19.1 Å². The average molecular weight is 590 g/mol. The predicted octanol–water partition coefficient (Wildman–Crippen LogP) is 4.50. The molecule has 1 unspecified atom stereocenters. The van der Waals surface area contributed by atoms with E-state index in [0.29, 0.717) is 52.6 Å². The summed E-state index contributed by atoms with van der Waals surface area (Å²) in [5, 5.41) is 5.33. The van der Waals surface area contributed by atoms with Crippen LogP contribution in [0.25, 0.3) is 0 Å². The smallest absolute Gasteiger partial charge is 0.407 e. The number of alkyl halides is 1. The second-order valence-corrected chi connectivity index (χ2v) is 11.5. The van der Waals surface area contributed by atoms with Crippen LogP contribution in [0, 0.1) is 0 Å². The molecule has 0 fully saturated rings. The summed E-state index contributed by atoms with van der Waals surface area (Å²) >= 11 is 0. The molecule has 0 aromatic heterocycles. The van der Waals surface area contributed by atoms with Gasteiger partial charge in [-0.25, -0.2) is 9.18 Å². The van der Waals surface area contributed by atoms with Gasteiger partial charge in [0.05, 0.1) is 32.0 Å². The van der Waals surface area contributed by atoms with Gasteiger partial charge in [0, 0.05) is 32.7 Å². The van der Waals surface area contributed by atoms with Crippen LogP contribution in [0.1, 0.15) is 45.7 Å². The standard InChI is InChI=1S/C32H48FN3O6/c1-31(2,3)42-30(38)35-17-19-40-21-20-39-18-16-34-29(37)25-41-32(4,5)28(33)24-36(22-26-12-8-6-9-13-26)23-27-14-10-7-11-15-27/h6-15,28H,16-25H2,1-5H3,(H,34,37)(H,35,38). The number of amides is 2. The molecule has 0 saturated heterocycles. The van der Waals surface area contributed by atoms with Gasteiger partial charge in [0.2, 0.25) is 5.91 Å². The Morgan fingerprint density at radius 3 is 1.79 bits per heavy atom. The van der Waals surface area contributed by atoms with Crippen LogP contribution in [-0.2, 0) is 36.8 Å². The molecule has 9 nitrogen and oxygen atoms in total. The summed E-state index contributed by atoms with van der Waals surface area (Å²) in [4.78, 5) is 25.9. The lowest BCUT2D eigenvalue weighted by Crippen LogP contribution is -2.45. The highest BCUT2D eigenvalue weighted by atomic mass is 19.1. The number of hydrogen-bond acceptors (Lipinski definition) is 7. The van der Waals surface area contributed by atoms with Gasteiger partial charge in [0.1, 0.15) is 18.4 Å². The first-order valence-corrected chi connectivity index (χ1v) is 14.4. The minimum Gasteiger partial charge on any atom is -0.444 e. The second kappa shape index (κ2) is 18.5. The molecule has 42 heavy (non-hydrogen) atoms. The van der Waals surface area contributed by atoms with Crippen molar-refractivity contribution in [1.29, 1.82) is 0 Å². The van der Waals surface area contributed by atoms with Crippen molar-refractivity contribution in [2.75, 3.05) is 52.7 Å². The van der Waals surface area contributed by atoms with E-state index in [9.17, 15) is 9.59 Å². The number of nitrogens with one attached hydrogen (secondary N) is 2. The predicted molar refractivity (Wildman–Crippen MR) is 161 cm³/mol. The monoisotopic (exact) mass is 589 g/mol. The van der Waals surface area contributed by atoms with Crippen molar-refractivity contribution >= 4 is 12.0 Å². The summed E-state index contributed by atoms with van der Waals surface area (Å²) in [6.07, 6.45) is -1.80. The SMILES string of the molecule is CC(C)(C)OC(=O)NCCOCCOCCNC(=O)COC(C)(C)C(F)CN(Cc1ccccc1)Cc1ccccc1. The lowest BCUT2D eigenvalue weighted by molar-refractivity contribution is -0.137. The zero-order valence-electron chi connectivity index (χ0n) is 25.7. The molecule has 2 amide bonds. The molecule has 2 aromatic carbocycles. The Hall–Kier alpha value is -3.05. The maximum Gasteiger partial charge on any atom is 0.407 e. The highest BCUT2D eigenvalue weighted by molar-refractivity contribution is 5.77. The van der Waals surface area contributed by atoms with Crippen molar-refractivity contribution in [3.8, 4) is 0 Å². The Bertz CT molecular complexity index is 992. The summed E-state index contributed by atoms with van der Waals surface area (Å²) in [5.41, 5.74) is 0.500. The Morgan fingerprint density at radius 1 is 0.786 bits per heavy atom. The Labute approximate surface area is 250 Å². The number of carbonyl (C=O) groups excluding carboxylic acids is 2. The van der Waals surface area contributed by atoms with Gasteiger partial charge in [0.15, 0.2) is 0 Å². The molecule has 0 aliphatic carbocycles. The molecular weight excluding hydrogens is 541 g/mol. The summed E-state index contributed by atoms with van der Waals surface area (Å²) in [5.74, 6) is -0.339. The average Bonchev–Trinajstić information content (AvgIpc) is 2.93. The first kappa shape index (κ1) is 35.1. The third kappa shape index (κ3) is 15.8.